The summed E-state index contributed by atoms with van der Waals surface area (Å²) in [5, 5.41) is 3.66. The molecule has 7 nitrogen and oxygen atoms in total. The number of halogens is 1. The topological polar surface area (TPSA) is 87.2 Å². The monoisotopic (exact) mass is 352 g/mol. The highest BCUT2D eigenvalue weighted by atomic mass is 35.5. The maximum absolute atomic E-state index is 12.7. The fraction of sp³-hybridized carbons (Fsp3) is 0.438. The lowest BCUT2D eigenvalue weighted by Gasteiger charge is -2.34. The maximum Gasteiger partial charge on any atom is 0.328 e. The van der Waals surface area contributed by atoms with Gasteiger partial charge in [-0.1, -0.05) is 0 Å². The molecule has 1 aliphatic rings. The van der Waals surface area contributed by atoms with Crippen LogP contribution in [0.5, 0.6) is 0 Å². The van der Waals surface area contributed by atoms with Crippen LogP contribution >= 0.6 is 12.4 Å². The van der Waals surface area contributed by atoms with Crippen LogP contribution in [0.2, 0.25) is 0 Å². The third kappa shape index (κ3) is 3.09. The molecule has 1 aliphatic heterocycles. The van der Waals surface area contributed by atoms with Gasteiger partial charge in [0.25, 0.3) is 11.5 Å². The average Bonchev–Trinajstić information content (AvgIpc) is 2.54. The number of nitrogens with zero attached hydrogens (tertiary/aromatic N) is 2. The predicted molar refractivity (Wildman–Crippen MR) is 95.1 cm³/mol. The van der Waals surface area contributed by atoms with E-state index in [9.17, 15) is 14.4 Å². The fourth-order valence-electron chi connectivity index (χ4n) is 2.98. The lowest BCUT2D eigenvalue weighted by molar-refractivity contribution is 0.0656. The molecule has 0 spiro atoms. The summed E-state index contributed by atoms with van der Waals surface area (Å²) in [4.78, 5) is 41.3. The number of hydrogen-bond donors (Lipinski definition) is 2. The first-order chi connectivity index (χ1) is 11.0. The molecule has 8 heteroatoms. The Bertz CT molecular complexity index is 874. The smallest absolute Gasteiger partial charge is 0.328 e. The highest BCUT2D eigenvalue weighted by Gasteiger charge is 2.24. The van der Waals surface area contributed by atoms with Crippen molar-refractivity contribution in [3.8, 4) is 0 Å². The second kappa shape index (κ2) is 7.19. The molecule has 0 bridgehead atoms. The van der Waals surface area contributed by atoms with Crippen LogP contribution in [0.15, 0.2) is 27.8 Å². The molecular weight excluding hydrogens is 332 g/mol. The van der Waals surface area contributed by atoms with Crippen LogP contribution in [0.4, 0.5) is 0 Å². The zero-order valence-electron chi connectivity index (χ0n) is 13.7. The Morgan fingerprint density at radius 3 is 2.75 bits per heavy atom. The van der Waals surface area contributed by atoms with Gasteiger partial charge in [0.05, 0.1) is 10.9 Å². The van der Waals surface area contributed by atoms with Gasteiger partial charge in [0.2, 0.25) is 0 Å². The van der Waals surface area contributed by atoms with Crippen LogP contribution < -0.4 is 16.6 Å². The van der Waals surface area contributed by atoms with Crippen LogP contribution in [-0.4, -0.2) is 46.0 Å². The third-order valence-corrected chi connectivity index (χ3v) is 4.31. The SMILES string of the molecule is CCn1c(=O)[nH]c2cc(C(=O)N3CCNC[C@H]3C)ccc2c1=O.Cl. The quantitative estimate of drug-likeness (QED) is 0.827. The zero-order valence-corrected chi connectivity index (χ0v) is 14.5. The summed E-state index contributed by atoms with van der Waals surface area (Å²) in [6.45, 7) is 6.22. The largest absolute Gasteiger partial charge is 0.333 e. The molecule has 0 unspecified atom stereocenters. The number of hydrogen-bond acceptors (Lipinski definition) is 4. The summed E-state index contributed by atoms with van der Waals surface area (Å²) in [5.74, 6) is -0.0820. The number of fused-ring (bicyclic) bond motifs is 1. The van der Waals surface area contributed by atoms with E-state index in [1.54, 1.807) is 25.1 Å². The van der Waals surface area contributed by atoms with Crippen LogP contribution in [-0.2, 0) is 6.54 Å². The van der Waals surface area contributed by atoms with Gasteiger partial charge < -0.3 is 15.2 Å². The van der Waals surface area contributed by atoms with Gasteiger partial charge in [-0.25, -0.2) is 4.79 Å². The molecular formula is C16H21ClN4O3. The number of piperazine rings is 1. The van der Waals surface area contributed by atoms with Crippen LogP contribution in [0.25, 0.3) is 10.9 Å². The Morgan fingerprint density at radius 1 is 1.33 bits per heavy atom. The lowest BCUT2D eigenvalue weighted by atomic mass is 10.1. The predicted octanol–water partition coefficient (Wildman–Crippen LogP) is 0.565. The van der Waals surface area contributed by atoms with E-state index in [0.29, 0.717) is 29.6 Å². The molecule has 3 rings (SSSR count). The molecule has 1 aromatic carbocycles. The van der Waals surface area contributed by atoms with Crippen LogP contribution in [0, 0.1) is 0 Å². The highest BCUT2D eigenvalue weighted by molar-refractivity contribution is 5.97. The molecule has 2 heterocycles. The summed E-state index contributed by atoms with van der Waals surface area (Å²) >= 11 is 0. The van der Waals surface area contributed by atoms with Gasteiger partial charge in [0.1, 0.15) is 0 Å². The molecule has 2 N–H and O–H groups in total. The van der Waals surface area contributed by atoms with E-state index in [2.05, 4.69) is 10.3 Å². The highest BCUT2D eigenvalue weighted by Crippen LogP contribution is 2.14. The second-order valence-electron chi connectivity index (χ2n) is 5.79. The lowest BCUT2D eigenvalue weighted by Crippen LogP contribution is -2.52. The van der Waals surface area contributed by atoms with Gasteiger partial charge in [-0.15, -0.1) is 12.4 Å². The van der Waals surface area contributed by atoms with Gasteiger partial charge in [0.15, 0.2) is 0 Å². The Labute approximate surface area is 145 Å². The number of rotatable bonds is 2. The van der Waals surface area contributed by atoms with E-state index in [1.807, 2.05) is 11.8 Å². The molecule has 0 saturated carbocycles. The van der Waals surface area contributed by atoms with E-state index >= 15 is 0 Å². The Hall–Kier alpha value is -2.12. The summed E-state index contributed by atoms with van der Waals surface area (Å²) in [6.07, 6.45) is 0. The first-order valence-corrected chi connectivity index (χ1v) is 7.81. The van der Waals surface area contributed by atoms with Crippen LogP contribution in [0.1, 0.15) is 24.2 Å². The summed E-state index contributed by atoms with van der Waals surface area (Å²) in [6, 6.07) is 4.97. The number of benzene rings is 1. The van der Waals surface area contributed by atoms with Crippen molar-refractivity contribution in [3.63, 3.8) is 0 Å². The van der Waals surface area contributed by atoms with Gasteiger partial charge in [0, 0.05) is 37.8 Å². The average molecular weight is 353 g/mol. The molecule has 1 fully saturated rings. The number of carbonyl (C=O) groups is 1. The standard InChI is InChI=1S/C16H20N4O3.ClH/c1-3-19-15(22)12-5-4-11(8-13(12)18-16(19)23)14(21)20-7-6-17-9-10(20)2;/h4-5,8,10,17H,3,6-7,9H2,1-2H3,(H,18,23);1H/t10-;/m1./s1. The van der Waals surface area contributed by atoms with Crippen molar-refractivity contribution in [1.82, 2.24) is 19.8 Å². The first kappa shape index (κ1) is 18.2. The number of H-pyrrole nitrogens is 1. The minimum atomic E-state index is -0.454. The fourth-order valence-corrected chi connectivity index (χ4v) is 2.98. The van der Waals surface area contributed by atoms with Gasteiger partial charge in [-0.3, -0.25) is 14.2 Å². The summed E-state index contributed by atoms with van der Waals surface area (Å²) in [5.41, 5.74) is 0.0971. The summed E-state index contributed by atoms with van der Waals surface area (Å²) in [7, 11) is 0. The van der Waals surface area contributed by atoms with Crippen molar-refractivity contribution in [2.24, 2.45) is 0 Å². The number of nitrogens with one attached hydrogen (secondary N) is 2. The number of amides is 1. The molecule has 0 radical (unpaired) electrons. The van der Waals surface area contributed by atoms with E-state index < -0.39 is 5.69 Å². The Kier molecular flexibility index (Phi) is 5.46. The van der Waals surface area contributed by atoms with Crippen LogP contribution in [0.3, 0.4) is 0 Å². The first-order valence-electron chi connectivity index (χ1n) is 7.81. The van der Waals surface area contributed by atoms with Crippen molar-refractivity contribution >= 4 is 29.2 Å². The molecule has 24 heavy (non-hydrogen) atoms. The zero-order chi connectivity index (χ0) is 16.6. The minimum Gasteiger partial charge on any atom is -0.333 e. The normalized spacial score (nSPS) is 17.6. The number of aromatic nitrogens is 2. The molecule has 130 valence electrons. The van der Waals surface area contributed by atoms with Crippen molar-refractivity contribution in [3.05, 3.63) is 44.6 Å². The van der Waals surface area contributed by atoms with Gasteiger partial charge in [-0.05, 0) is 32.0 Å². The summed E-state index contributed by atoms with van der Waals surface area (Å²) < 4.78 is 1.14. The van der Waals surface area contributed by atoms with Crippen molar-refractivity contribution in [1.29, 1.82) is 0 Å². The Balaban J connectivity index is 0.00000208. The molecule has 2 aromatic rings. The van der Waals surface area contributed by atoms with Crippen molar-refractivity contribution in [2.75, 3.05) is 19.6 Å². The Morgan fingerprint density at radius 2 is 2.08 bits per heavy atom. The van der Waals surface area contributed by atoms with Crippen molar-refractivity contribution in [2.45, 2.75) is 26.4 Å². The molecule has 1 amide bonds. The van der Waals surface area contributed by atoms with Crippen molar-refractivity contribution < 1.29 is 4.79 Å². The minimum absolute atomic E-state index is 0. The molecule has 1 aromatic heterocycles. The molecule has 1 atom stereocenters. The third-order valence-electron chi connectivity index (χ3n) is 4.31. The van der Waals surface area contributed by atoms with E-state index in [0.717, 1.165) is 17.7 Å². The van der Waals surface area contributed by atoms with E-state index in [-0.39, 0.29) is 29.9 Å². The number of carbonyl (C=O) groups excluding carboxylic acids is 1. The number of aromatic amines is 1. The second-order valence-corrected chi connectivity index (χ2v) is 5.79. The molecule has 1 saturated heterocycles. The van der Waals surface area contributed by atoms with E-state index in [4.69, 9.17) is 0 Å². The maximum atomic E-state index is 12.7. The van der Waals surface area contributed by atoms with E-state index in [1.165, 1.54) is 0 Å². The molecule has 0 aliphatic carbocycles. The van der Waals surface area contributed by atoms with Gasteiger partial charge >= 0.3 is 5.69 Å². The van der Waals surface area contributed by atoms with Gasteiger partial charge in [-0.2, -0.15) is 0 Å².